The van der Waals surface area contributed by atoms with Crippen LogP contribution in [0.4, 0.5) is 0 Å². The van der Waals surface area contributed by atoms with Crippen LogP contribution >= 0.6 is 0 Å². The zero-order valence-corrected chi connectivity index (χ0v) is 14.2. The largest absolute Gasteiger partial charge is 0.478 e. The minimum Gasteiger partial charge on any atom is -0.478 e. The lowest BCUT2D eigenvalue weighted by Crippen LogP contribution is -2.45. The van der Waals surface area contributed by atoms with Gasteiger partial charge in [-0.05, 0) is 40.2 Å². The summed E-state index contributed by atoms with van der Waals surface area (Å²) in [6.07, 6.45) is 0.230. The van der Waals surface area contributed by atoms with Crippen LogP contribution in [-0.4, -0.2) is 34.4 Å². The molecule has 0 atom stereocenters. The van der Waals surface area contributed by atoms with Gasteiger partial charge in [-0.25, -0.2) is 4.99 Å². The monoisotopic (exact) mass is 302 g/mol. The van der Waals surface area contributed by atoms with E-state index in [9.17, 15) is 4.79 Å². The van der Waals surface area contributed by atoms with Crippen molar-refractivity contribution in [2.75, 3.05) is 6.61 Å². The second-order valence-corrected chi connectivity index (χ2v) is 7.42. The summed E-state index contributed by atoms with van der Waals surface area (Å²) in [4.78, 5) is 19.1. The Balaban J connectivity index is 2.11. The van der Waals surface area contributed by atoms with E-state index in [0.29, 0.717) is 19.0 Å². The molecule has 1 aromatic rings. The molecule has 2 rings (SSSR count). The molecule has 22 heavy (non-hydrogen) atoms. The molecule has 1 aliphatic rings. The second kappa shape index (κ2) is 6.11. The van der Waals surface area contributed by atoms with Gasteiger partial charge >= 0.3 is 0 Å². The van der Waals surface area contributed by atoms with Crippen molar-refractivity contribution in [2.24, 2.45) is 4.99 Å². The number of nitrogens with zero attached hydrogens (tertiary/aromatic N) is 2. The first-order valence-electron chi connectivity index (χ1n) is 7.73. The smallest absolute Gasteiger partial charge is 0.232 e. The quantitative estimate of drug-likeness (QED) is 0.855. The third kappa shape index (κ3) is 4.33. The standard InChI is InChI=1S/C18H26N2O2/c1-17(2,3)20(12-14-9-7-6-8-10-14)16(21)11-15-19-18(4,5)13-22-15/h6-10H,11-13H2,1-5H3. The highest BCUT2D eigenvalue weighted by atomic mass is 16.5. The third-order valence-electron chi connectivity index (χ3n) is 3.62. The molecule has 1 aromatic carbocycles. The molecule has 4 nitrogen and oxygen atoms in total. The summed E-state index contributed by atoms with van der Waals surface area (Å²) in [6, 6.07) is 10.0. The van der Waals surface area contributed by atoms with Gasteiger partial charge in [-0.3, -0.25) is 4.79 Å². The number of amides is 1. The maximum absolute atomic E-state index is 12.7. The maximum Gasteiger partial charge on any atom is 0.232 e. The van der Waals surface area contributed by atoms with Crippen LogP contribution in [0.5, 0.6) is 0 Å². The molecule has 0 unspecified atom stereocenters. The number of rotatable bonds is 4. The molecule has 0 fully saturated rings. The van der Waals surface area contributed by atoms with Crippen molar-refractivity contribution in [3.05, 3.63) is 35.9 Å². The van der Waals surface area contributed by atoms with E-state index in [1.807, 2.05) is 49.1 Å². The molecule has 0 bridgehead atoms. The van der Waals surface area contributed by atoms with E-state index in [0.717, 1.165) is 5.56 Å². The fourth-order valence-electron chi connectivity index (χ4n) is 2.44. The molecular weight excluding hydrogens is 276 g/mol. The number of hydrogen-bond donors (Lipinski definition) is 0. The van der Waals surface area contributed by atoms with Gasteiger partial charge in [0.25, 0.3) is 0 Å². The highest BCUT2D eigenvalue weighted by Crippen LogP contribution is 2.22. The molecule has 0 saturated heterocycles. The van der Waals surface area contributed by atoms with Crippen molar-refractivity contribution in [1.29, 1.82) is 0 Å². The van der Waals surface area contributed by atoms with Crippen LogP contribution in [0.3, 0.4) is 0 Å². The lowest BCUT2D eigenvalue weighted by Gasteiger charge is -2.36. The molecule has 0 aromatic heterocycles. The van der Waals surface area contributed by atoms with Crippen molar-refractivity contribution < 1.29 is 9.53 Å². The number of benzene rings is 1. The fraction of sp³-hybridized carbons (Fsp3) is 0.556. The van der Waals surface area contributed by atoms with Gasteiger partial charge in [0.2, 0.25) is 5.91 Å². The SMILES string of the molecule is CC1(C)COC(CC(=O)N(Cc2ccccc2)C(C)(C)C)=N1. The van der Waals surface area contributed by atoms with E-state index in [4.69, 9.17) is 4.74 Å². The zero-order valence-electron chi connectivity index (χ0n) is 14.2. The lowest BCUT2D eigenvalue weighted by molar-refractivity contribution is -0.135. The number of carbonyl (C=O) groups excluding carboxylic acids is 1. The van der Waals surface area contributed by atoms with Gasteiger partial charge < -0.3 is 9.64 Å². The number of aliphatic imine (C=N–C) groups is 1. The van der Waals surface area contributed by atoms with Crippen molar-refractivity contribution in [2.45, 2.75) is 58.7 Å². The average Bonchev–Trinajstić information content (AvgIpc) is 2.75. The summed E-state index contributed by atoms with van der Waals surface area (Å²) in [5, 5.41) is 0. The molecule has 1 aliphatic heterocycles. The van der Waals surface area contributed by atoms with Crippen molar-refractivity contribution >= 4 is 11.8 Å². The Morgan fingerprint density at radius 1 is 1.27 bits per heavy atom. The highest BCUT2D eigenvalue weighted by molar-refractivity contribution is 5.98. The van der Waals surface area contributed by atoms with E-state index < -0.39 is 0 Å². The van der Waals surface area contributed by atoms with Crippen LogP contribution in [0.15, 0.2) is 35.3 Å². The first-order chi connectivity index (χ1) is 10.2. The van der Waals surface area contributed by atoms with E-state index in [1.165, 1.54) is 0 Å². The lowest BCUT2D eigenvalue weighted by atomic mass is 10.0. The molecule has 1 heterocycles. The van der Waals surface area contributed by atoms with Gasteiger partial charge in [0.1, 0.15) is 13.0 Å². The van der Waals surface area contributed by atoms with E-state index in [1.54, 1.807) is 0 Å². The van der Waals surface area contributed by atoms with Crippen molar-refractivity contribution in [3.63, 3.8) is 0 Å². The highest BCUT2D eigenvalue weighted by Gasteiger charge is 2.31. The van der Waals surface area contributed by atoms with Crippen molar-refractivity contribution in [1.82, 2.24) is 4.90 Å². The first-order valence-corrected chi connectivity index (χ1v) is 7.73. The summed E-state index contributed by atoms with van der Waals surface area (Å²) in [6.45, 7) is 11.3. The Kier molecular flexibility index (Phi) is 4.59. The predicted octanol–water partition coefficient (Wildman–Crippen LogP) is 3.41. The predicted molar refractivity (Wildman–Crippen MR) is 88.8 cm³/mol. The molecule has 0 N–H and O–H groups in total. The maximum atomic E-state index is 12.7. The van der Waals surface area contributed by atoms with Crippen molar-refractivity contribution in [3.8, 4) is 0 Å². The normalized spacial score (nSPS) is 16.9. The van der Waals surface area contributed by atoms with Gasteiger partial charge in [-0.1, -0.05) is 30.3 Å². The number of ether oxygens (including phenoxy) is 1. The van der Waals surface area contributed by atoms with Crippen LogP contribution in [0, 0.1) is 0 Å². The molecule has 0 saturated carbocycles. The Hall–Kier alpha value is -1.84. The summed E-state index contributed by atoms with van der Waals surface area (Å²) in [5.41, 5.74) is 0.656. The summed E-state index contributed by atoms with van der Waals surface area (Å²) < 4.78 is 5.55. The zero-order chi connectivity index (χ0) is 16.4. The fourth-order valence-corrected chi connectivity index (χ4v) is 2.44. The van der Waals surface area contributed by atoms with Gasteiger partial charge in [0.15, 0.2) is 5.90 Å². The van der Waals surface area contributed by atoms with Crippen LogP contribution in [0.1, 0.15) is 46.6 Å². The molecule has 0 spiro atoms. The topological polar surface area (TPSA) is 41.9 Å². The van der Waals surface area contributed by atoms with Gasteiger partial charge in [-0.15, -0.1) is 0 Å². The second-order valence-electron chi connectivity index (χ2n) is 7.42. The van der Waals surface area contributed by atoms with E-state index in [2.05, 4.69) is 25.8 Å². The number of hydrogen-bond acceptors (Lipinski definition) is 3. The Morgan fingerprint density at radius 3 is 2.41 bits per heavy atom. The summed E-state index contributed by atoms with van der Waals surface area (Å²) in [5.74, 6) is 0.602. The molecule has 1 amide bonds. The van der Waals surface area contributed by atoms with Gasteiger partial charge in [0.05, 0.1) is 5.54 Å². The van der Waals surface area contributed by atoms with Crippen LogP contribution in [0.25, 0.3) is 0 Å². The molecule has 120 valence electrons. The Morgan fingerprint density at radius 2 is 1.91 bits per heavy atom. The minimum absolute atomic E-state index is 0.0489. The minimum atomic E-state index is -0.248. The van der Waals surface area contributed by atoms with Crippen LogP contribution in [0.2, 0.25) is 0 Å². The third-order valence-corrected chi connectivity index (χ3v) is 3.62. The summed E-state index contributed by atoms with van der Waals surface area (Å²) in [7, 11) is 0. The molecule has 4 heteroatoms. The molecule has 0 radical (unpaired) electrons. The van der Waals surface area contributed by atoms with E-state index >= 15 is 0 Å². The van der Waals surface area contributed by atoms with Crippen LogP contribution < -0.4 is 0 Å². The first kappa shape index (κ1) is 16.5. The Labute approximate surface area is 133 Å². The van der Waals surface area contributed by atoms with E-state index in [-0.39, 0.29) is 23.4 Å². The van der Waals surface area contributed by atoms with Gasteiger partial charge in [-0.2, -0.15) is 0 Å². The molecule has 0 aliphatic carbocycles. The summed E-state index contributed by atoms with van der Waals surface area (Å²) >= 11 is 0. The van der Waals surface area contributed by atoms with Crippen LogP contribution in [-0.2, 0) is 16.1 Å². The average molecular weight is 302 g/mol. The number of carbonyl (C=O) groups is 1. The van der Waals surface area contributed by atoms with Gasteiger partial charge in [0, 0.05) is 12.1 Å². The molecular formula is C18H26N2O2. The Bertz CT molecular complexity index is 556.